The van der Waals surface area contributed by atoms with Crippen molar-refractivity contribution in [1.29, 1.82) is 0 Å². The Balaban J connectivity index is 1.82. The van der Waals surface area contributed by atoms with Crippen molar-refractivity contribution in [1.82, 2.24) is 10.1 Å². The number of ether oxygens (including phenoxy) is 2. The third-order valence-electron chi connectivity index (χ3n) is 4.33. The molecule has 0 radical (unpaired) electrons. The van der Waals surface area contributed by atoms with E-state index in [0.717, 1.165) is 11.1 Å². The van der Waals surface area contributed by atoms with Gasteiger partial charge in [0.2, 0.25) is 5.82 Å². The van der Waals surface area contributed by atoms with E-state index in [1.54, 1.807) is 37.3 Å². The summed E-state index contributed by atoms with van der Waals surface area (Å²) in [4.78, 5) is 15.6. The summed E-state index contributed by atoms with van der Waals surface area (Å²) in [6.45, 7) is 7.48. The highest BCUT2D eigenvalue weighted by Crippen LogP contribution is 2.32. The summed E-state index contributed by atoms with van der Waals surface area (Å²) >= 11 is 6.29. The molecule has 3 aromatic rings. The molecule has 1 unspecified atom stereocenters. The lowest BCUT2D eigenvalue weighted by molar-refractivity contribution is -0.145. The summed E-state index contributed by atoms with van der Waals surface area (Å²) in [6.07, 6.45) is -0.505. The average Bonchev–Trinajstić information content (AvgIpc) is 3.17. The topological polar surface area (TPSA) is 94.7 Å². The smallest absolute Gasteiger partial charge is 0.344 e. The zero-order valence-electron chi connectivity index (χ0n) is 17.2. The normalized spacial score (nSPS) is 12.1. The number of carboxylic acids is 1. The molecule has 0 bridgehead atoms. The molecule has 1 atom stereocenters. The maximum absolute atomic E-state index is 11.2. The molecule has 0 spiro atoms. The monoisotopic (exact) mass is 430 g/mol. The van der Waals surface area contributed by atoms with Crippen molar-refractivity contribution in [3.8, 4) is 34.3 Å². The quantitative estimate of drug-likeness (QED) is 0.511. The number of halogens is 1. The van der Waals surface area contributed by atoms with Crippen LogP contribution in [0.25, 0.3) is 22.8 Å². The van der Waals surface area contributed by atoms with Crippen molar-refractivity contribution < 1.29 is 23.9 Å². The summed E-state index contributed by atoms with van der Waals surface area (Å²) in [5.74, 6) is 0.818. The van der Waals surface area contributed by atoms with Crippen LogP contribution in [0.4, 0.5) is 0 Å². The first-order valence-electron chi connectivity index (χ1n) is 9.59. The molecular weight excluding hydrogens is 408 g/mol. The number of nitrogens with zero attached hydrogens (tertiary/aromatic N) is 2. The van der Waals surface area contributed by atoms with Crippen molar-refractivity contribution in [3.63, 3.8) is 0 Å². The highest BCUT2D eigenvalue weighted by atomic mass is 35.5. The van der Waals surface area contributed by atoms with E-state index in [1.807, 2.05) is 26.8 Å². The SMILES string of the molecule is CCC(Oc1ccc(-c2noc(-c3ccc(OC(C)C)c(Cl)c3)n2)c(C)c1)C(=O)O. The molecule has 0 aliphatic heterocycles. The molecule has 30 heavy (non-hydrogen) atoms. The Kier molecular flexibility index (Phi) is 6.62. The number of rotatable bonds is 8. The first kappa shape index (κ1) is 21.6. The molecule has 0 aliphatic carbocycles. The second kappa shape index (κ2) is 9.17. The number of hydrogen-bond acceptors (Lipinski definition) is 6. The third kappa shape index (κ3) is 4.91. The number of aliphatic carboxylic acids is 1. The minimum Gasteiger partial charge on any atom is -0.489 e. The minimum absolute atomic E-state index is 0.0152. The van der Waals surface area contributed by atoms with E-state index >= 15 is 0 Å². The van der Waals surface area contributed by atoms with Gasteiger partial charge in [-0.1, -0.05) is 23.7 Å². The Morgan fingerprint density at radius 2 is 1.97 bits per heavy atom. The van der Waals surface area contributed by atoms with Crippen LogP contribution in [-0.2, 0) is 4.79 Å². The molecule has 7 nitrogen and oxygen atoms in total. The van der Waals surface area contributed by atoms with Crippen LogP contribution in [-0.4, -0.2) is 33.4 Å². The number of benzene rings is 2. The lowest BCUT2D eigenvalue weighted by Gasteiger charge is -2.14. The molecule has 158 valence electrons. The van der Waals surface area contributed by atoms with Crippen LogP contribution in [0.5, 0.6) is 11.5 Å². The first-order chi connectivity index (χ1) is 14.3. The predicted octanol–water partition coefficient (Wildman–Crippen LogP) is 5.39. The standard InChI is InChI=1S/C22H23ClN2O5/c1-5-18(22(26)27)29-15-7-8-16(13(4)10-15)20-24-21(30-25-20)14-6-9-19(17(23)11-14)28-12(2)3/h6-12,18H,5H2,1-4H3,(H,26,27). The fourth-order valence-corrected chi connectivity index (χ4v) is 3.09. The van der Waals surface area contributed by atoms with Crippen LogP contribution in [0.3, 0.4) is 0 Å². The second-order valence-corrected chi connectivity index (χ2v) is 7.47. The molecule has 1 heterocycles. The molecule has 0 amide bonds. The Hall–Kier alpha value is -3.06. The highest BCUT2D eigenvalue weighted by molar-refractivity contribution is 6.32. The third-order valence-corrected chi connectivity index (χ3v) is 4.63. The maximum Gasteiger partial charge on any atom is 0.344 e. The van der Waals surface area contributed by atoms with E-state index in [9.17, 15) is 4.79 Å². The molecule has 0 saturated heterocycles. The molecule has 8 heteroatoms. The van der Waals surface area contributed by atoms with Gasteiger partial charge < -0.3 is 19.1 Å². The van der Waals surface area contributed by atoms with E-state index in [1.165, 1.54) is 0 Å². The number of aryl methyl sites for hydroxylation is 1. The van der Waals surface area contributed by atoms with Gasteiger partial charge in [-0.3, -0.25) is 0 Å². The summed E-state index contributed by atoms with van der Waals surface area (Å²) < 4.78 is 16.6. The van der Waals surface area contributed by atoms with Crippen LogP contribution in [0.2, 0.25) is 5.02 Å². The maximum atomic E-state index is 11.2. The average molecular weight is 431 g/mol. The van der Waals surface area contributed by atoms with Crippen molar-refractivity contribution in [3.05, 3.63) is 47.0 Å². The van der Waals surface area contributed by atoms with Gasteiger partial charge in [0.1, 0.15) is 11.5 Å². The Bertz CT molecular complexity index is 1050. The summed E-state index contributed by atoms with van der Waals surface area (Å²) in [5, 5.41) is 13.7. The van der Waals surface area contributed by atoms with Gasteiger partial charge in [0.15, 0.2) is 6.10 Å². The molecule has 0 saturated carbocycles. The molecule has 1 aromatic heterocycles. The van der Waals surface area contributed by atoms with Crippen molar-refractivity contribution in [2.24, 2.45) is 0 Å². The Labute approximate surface area is 179 Å². The summed E-state index contributed by atoms with van der Waals surface area (Å²) in [5.41, 5.74) is 2.27. The number of carbonyl (C=O) groups is 1. The van der Waals surface area contributed by atoms with Gasteiger partial charge in [-0.25, -0.2) is 4.79 Å². The number of carboxylic acid groups (broad SMARTS) is 1. The fraction of sp³-hybridized carbons (Fsp3) is 0.318. The fourth-order valence-electron chi connectivity index (χ4n) is 2.87. The molecule has 2 aromatic carbocycles. The van der Waals surface area contributed by atoms with E-state index < -0.39 is 12.1 Å². The molecule has 3 rings (SSSR count). The van der Waals surface area contributed by atoms with E-state index in [2.05, 4.69) is 10.1 Å². The van der Waals surface area contributed by atoms with Gasteiger partial charge in [-0.2, -0.15) is 4.98 Å². The zero-order valence-corrected chi connectivity index (χ0v) is 17.9. The van der Waals surface area contributed by atoms with Crippen LogP contribution >= 0.6 is 11.6 Å². The minimum atomic E-state index is -0.995. The van der Waals surface area contributed by atoms with Gasteiger partial charge in [0, 0.05) is 11.1 Å². The molecular formula is C22H23ClN2O5. The van der Waals surface area contributed by atoms with Crippen LogP contribution in [0.1, 0.15) is 32.8 Å². The zero-order chi connectivity index (χ0) is 21.8. The lowest BCUT2D eigenvalue weighted by atomic mass is 10.1. The highest BCUT2D eigenvalue weighted by Gasteiger charge is 2.18. The van der Waals surface area contributed by atoms with Crippen molar-refractivity contribution in [2.45, 2.75) is 46.3 Å². The van der Waals surface area contributed by atoms with Gasteiger partial charge in [-0.05, 0) is 69.2 Å². The van der Waals surface area contributed by atoms with Gasteiger partial charge in [-0.15, -0.1) is 0 Å². The van der Waals surface area contributed by atoms with E-state index in [0.29, 0.717) is 40.2 Å². The van der Waals surface area contributed by atoms with Crippen LogP contribution in [0.15, 0.2) is 40.9 Å². The molecule has 0 fully saturated rings. The number of aromatic nitrogens is 2. The van der Waals surface area contributed by atoms with Crippen LogP contribution in [0, 0.1) is 6.92 Å². The molecule has 0 aliphatic rings. The Morgan fingerprint density at radius 1 is 1.20 bits per heavy atom. The predicted molar refractivity (Wildman–Crippen MR) is 113 cm³/mol. The molecule has 1 N–H and O–H groups in total. The van der Waals surface area contributed by atoms with E-state index in [4.69, 9.17) is 30.7 Å². The van der Waals surface area contributed by atoms with Gasteiger partial charge in [0.05, 0.1) is 11.1 Å². The largest absolute Gasteiger partial charge is 0.489 e. The van der Waals surface area contributed by atoms with E-state index in [-0.39, 0.29) is 6.10 Å². The Morgan fingerprint density at radius 3 is 2.57 bits per heavy atom. The van der Waals surface area contributed by atoms with Crippen LogP contribution < -0.4 is 9.47 Å². The van der Waals surface area contributed by atoms with Crippen molar-refractivity contribution in [2.75, 3.05) is 0 Å². The van der Waals surface area contributed by atoms with Crippen molar-refractivity contribution >= 4 is 17.6 Å². The summed E-state index contributed by atoms with van der Waals surface area (Å²) in [7, 11) is 0. The first-order valence-corrected chi connectivity index (χ1v) is 9.97. The number of hydrogen-bond donors (Lipinski definition) is 1. The summed E-state index contributed by atoms with van der Waals surface area (Å²) in [6, 6.07) is 10.5. The van der Waals surface area contributed by atoms with Gasteiger partial charge in [0.25, 0.3) is 5.89 Å². The van der Waals surface area contributed by atoms with Gasteiger partial charge >= 0.3 is 5.97 Å². The second-order valence-electron chi connectivity index (χ2n) is 7.06. The lowest BCUT2D eigenvalue weighted by Crippen LogP contribution is -2.25.